The summed E-state index contributed by atoms with van der Waals surface area (Å²) in [6.07, 6.45) is 4.33. The van der Waals surface area contributed by atoms with Gasteiger partial charge in [0.1, 0.15) is 17.4 Å². The molecule has 0 radical (unpaired) electrons. The molecule has 2 atom stereocenters. The number of ether oxygens (including phenoxy) is 1. The summed E-state index contributed by atoms with van der Waals surface area (Å²) in [5.74, 6) is 0.378. The van der Waals surface area contributed by atoms with Gasteiger partial charge >= 0.3 is 0 Å². The molecule has 3 aliphatic rings. The molecule has 178 valence electrons. The zero-order valence-corrected chi connectivity index (χ0v) is 19.3. The maximum Gasteiger partial charge on any atom is 0.241 e. The summed E-state index contributed by atoms with van der Waals surface area (Å²) in [5, 5.41) is 6.17. The van der Waals surface area contributed by atoms with Crippen LogP contribution in [0.25, 0.3) is 22.3 Å². The van der Waals surface area contributed by atoms with Gasteiger partial charge in [-0.15, -0.1) is 0 Å². The zero-order valence-electron chi connectivity index (χ0n) is 19.3. The van der Waals surface area contributed by atoms with Crippen LogP contribution in [-0.4, -0.2) is 59.3 Å². The highest BCUT2D eigenvalue weighted by atomic mass is 19.1. The number of carbonyl (C=O) groups is 1. The molecule has 9 heteroatoms. The minimum Gasteiger partial charge on any atom is -0.473 e. The van der Waals surface area contributed by atoms with Gasteiger partial charge in [0.25, 0.3) is 0 Å². The minimum atomic E-state index is -0.254. The number of halogens is 1. The molecule has 1 saturated carbocycles. The van der Waals surface area contributed by atoms with Gasteiger partial charge in [0, 0.05) is 56.7 Å². The largest absolute Gasteiger partial charge is 0.473 e. The molecule has 4 heterocycles. The van der Waals surface area contributed by atoms with E-state index in [0.717, 1.165) is 50.1 Å². The highest BCUT2D eigenvalue weighted by Gasteiger charge is 2.31. The summed E-state index contributed by atoms with van der Waals surface area (Å²) < 4.78 is 23.6. The lowest BCUT2D eigenvalue weighted by atomic mass is 10.0. The Bertz CT molecular complexity index is 1230. The van der Waals surface area contributed by atoms with Gasteiger partial charge in [-0.25, -0.2) is 14.4 Å². The summed E-state index contributed by atoms with van der Waals surface area (Å²) in [6.45, 7) is 5.85. The van der Waals surface area contributed by atoms with Gasteiger partial charge in [-0.3, -0.25) is 4.79 Å². The standard InChI is InChI=1S/C25H29FN6O2/c1-15(17-11-23(33)28-13-17)34-25-24-21(29-14-32(24)18-3-4-18)12-20(30-25)16-2-5-22(19(26)10-16)31-8-6-27-7-9-31/h2,5,10,12,14-15,17-18,27H,3-4,6-9,11,13H2,1H3,(H,28,33)/t15-,17?/m1/s1. The Morgan fingerprint density at radius 3 is 2.74 bits per heavy atom. The van der Waals surface area contributed by atoms with Crippen molar-refractivity contribution >= 4 is 22.6 Å². The van der Waals surface area contributed by atoms with Crippen molar-refractivity contribution in [3.8, 4) is 17.1 Å². The third-order valence-electron chi connectivity index (χ3n) is 7.13. The topological polar surface area (TPSA) is 84.3 Å². The van der Waals surface area contributed by atoms with Crippen LogP contribution in [0.4, 0.5) is 10.1 Å². The molecule has 6 rings (SSSR count). The molecule has 0 spiro atoms. The van der Waals surface area contributed by atoms with Crippen molar-refractivity contribution in [1.82, 2.24) is 25.2 Å². The molecule has 1 amide bonds. The van der Waals surface area contributed by atoms with E-state index >= 15 is 4.39 Å². The van der Waals surface area contributed by atoms with Gasteiger partial charge in [0.05, 0.1) is 23.2 Å². The van der Waals surface area contributed by atoms with E-state index < -0.39 is 0 Å². The fourth-order valence-electron chi connectivity index (χ4n) is 4.94. The fourth-order valence-corrected chi connectivity index (χ4v) is 4.94. The maximum absolute atomic E-state index is 15.1. The van der Waals surface area contributed by atoms with E-state index in [1.165, 1.54) is 0 Å². The zero-order chi connectivity index (χ0) is 23.2. The average Bonchev–Trinajstić information content (AvgIpc) is 3.44. The summed E-state index contributed by atoms with van der Waals surface area (Å²) in [5.41, 5.74) is 3.59. The Morgan fingerprint density at radius 2 is 2.03 bits per heavy atom. The molecule has 8 nitrogen and oxygen atoms in total. The number of carbonyl (C=O) groups excluding carboxylic acids is 1. The predicted molar refractivity (Wildman–Crippen MR) is 127 cm³/mol. The Labute approximate surface area is 197 Å². The van der Waals surface area contributed by atoms with Crippen LogP contribution < -0.4 is 20.3 Å². The number of pyridine rings is 1. The summed E-state index contributed by atoms with van der Waals surface area (Å²) in [4.78, 5) is 23.2. The highest BCUT2D eigenvalue weighted by Crippen LogP contribution is 2.40. The van der Waals surface area contributed by atoms with E-state index in [9.17, 15) is 4.79 Å². The van der Waals surface area contributed by atoms with Crippen molar-refractivity contribution in [2.24, 2.45) is 5.92 Å². The van der Waals surface area contributed by atoms with E-state index in [1.807, 2.05) is 31.5 Å². The van der Waals surface area contributed by atoms with Gasteiger partial charge < -0.3 is 24.8 Å². The van der Waals surface area contributed by atoms with Crippen molar-refractivity contribution in [2.75, 3.05) is 37.6 Å². The first kappa shape index (κ1) is 21.3. The normalized spacial score (nSPS) is 21.6. The van der Waals surface area contributed by atoms with Gasteiger partial charge in [0.15, 0.2) is 0 Å². The predicted octanol–water partition coefficient (Wildman–Crippen LogP) is 2.89. The third-order valence-corrected chi connectivity index (χ3v) is 7.13. The van der Waals surface area contributed by atoms with Gasteiger partial charge in [-0.05, 0) is 38.0 Å². The molecule has 2 N–H and O–H groups in total. The van der Waals surface area contributed by atoms with Crippen molar-refractivity contribution in [3.05, 3.63) is 36.4 Å². The number of hydrogen-bond donors (Lipinski definition) is 2. The Kier molecular flexibility index (Phi) is 5.36. The molecule has 0 bridgehead atoms. The second-order valence-electron chi connectivity index (χ2n) is 9.56. The van der Waals surface area contributed by atoms with Crippen LogP contribution in [0.5, 0.6) is 5.88 Å². The third kappa shape index (κ3) is 3.98. The fraction of sp³-hybridized carbons (Fsp3) is 0.480. The number of nitrogens with zero attached hydrogens (tertiary/aromatic N) is 4. The van der Waals surface area contributed by atoms with Gasteiger partial charge in [0.2, 0.25) is 11.8 Å². The van der Waals surface area contributed by atoms with E-state index in [4.69, 9.17) is 9.72 Å². The first-order valence-corrected chi connectivity index (χ1v) is 12.1. The van der Waals surface area contributed by atoms with Crippen molar-refractivity contribution in [3.63, 3.8) is 0 Å². The molecular weight excluding hydrogens is 435 g/mol. The number of hydrogen-bond acceptors (Lipinski definition) is 6. The van der Waals surface area contributed by atoms with Gasteiger partial charge in [-0.2, -0.15) is 0 Å². The second kappa shape index (κ2) is 8.54. The molecule has 1 aromatic carbocycles. The van der Waals surface area contributed by atoms with Crippen LogP contribution in [0.3, 0.4) is 0 Å². The van der Waals surface area contributed by atoms with Crippen LogP contribution in [0.15, 0.2) is 30.6 Å². The quantitative estimate of drug-likeness (QED) is 0.584. The lowest BCUT2D eigenvalue weighted by Gasteiger charge is -2.29. The lowest BCUT2D eigenvalue weighted by molar-refractivity contribution is -0.119. The number of anilines is 1. The number of piperazine rings is 1. The van der Waals surface area contributed by atoms with Crippen LogP contribution >= 0.6 is 0 Å². The van der Waals surface area contributed by atoms with Crippen LogP contribution in [0.2, 0.25) is 0 Å². The second-order valence-corrected chi connectivity index (χ2v) is 9.56. The SMILES string of the molecule is C[C@@H](Oc1nc(-c2ccc(N3CCNCC3)c(F)c2)cc2ncn(C3CC3)c12)C1CNC(=O)C1. The van der Waals surface area contributed by atoms with E-state index in [0.29, 0.717) is 41.8 Å². The number of aromatic nitrogens is 3. The summed E-state index contributed by atoms with van der Waals surface area (Å²) >= 11 is 0. The van der Waals surface area contributed by atoms with Crippen LogP contribution in [0.1, 0.15) is 32.2 Å². The van der Waals surface area contributed by atoms with Crippen LogP contribution in [0, 0.1) is 11.7 Å². The Morgan fingerprint density at radius 1 is 1.21 bits per heavy atom. The van der Waals surface area contributed by atoms with E-state index in [2.05, 4.69) is 25.1 Å². The Hall–Kier alpha value is -3.20. The number of amides is 1. The summed E-state index contributed by atoms with van der Waals surface area (Å²) in [7, 11) is 0. The molecule has 2 aromatic heterocycles. The number of rotatable bonds is 6. The monoisotopic (exact) mass is 464 g/mol. The van der Waals surface area contributed by atoms with Crippen LogP contribution in [-0.2, 0) is 4.79 Å². The summed E-state index contributed by atoms with van der Waals surface area (Å²) in [6, 6.07) is 7.63. The van der Waals surface area contributed by atoms with Crippen molar-refractivity contribution < 1.29 is 13.9 Å². The minimum absolute atomic E-state index is 0.0513. The first-order chi connectivity index (χ1) is 16.6. The van der Waals surface area contributed by atoms with Crippen molar-refractivity contribution in [1.29, 1.82) is 0 Å². The maximum atomic E-state index is 15.1. The number of nitrogens with one attached hydrogen (secondary N) is 2. The number of imidazole rings is 1. The van der Waals surface area contributed by atoms with E-state index in [1.54, 1.807) is 6.07 Å². The lowest BCUT2D eigenvalue weighted by Crippen LogP contribution is -2.43. The molecule has 3 aromatic rings. The Balaban J connectivity index is 1.36. The first-order valence-electron chi connectivity index (χ1n) is 12.1. The molecule has 2 aliphatic heterocycles. The molecule has 2 saturated heterocycles. The average molecular weight is 465 g/mol. The van der Waals surface area contributed by atoms with Gasteiger partial charge in [-0.1, -0.05) is 6.07 Å². The van der Waals surface area contributed by atoms with Crippen molar-refractivity contribution in [2.45, 2.75) is 38.3 Å². The molecule has 1 unspecified atom stereocenters. The molecule has 34 heavy (non-hydrogen) atoms. The van der Waals surface area contributed by atoms with E-state index in [-0.39, 0.29) is 23.7 Å². The molecule has 1 aliphatic carbocycles. The molecule has 3 fully saturated rings. The number of fused-ring (bicyclic) bond motifs is 1. The highest BCUT2D eigenvalue weighted by molar-refractivity contribution is 5.85. The number of benzene rings is 1. The molecular formula is C25H29FN6O2. The smallest absolute Gasteiger partial charge is 0.241 e.